The van der Waals surface area contributed by atoms with Gasteiger partial charge in [0.1, 0.15) is 24.7 Å². The van der Waals surface area contributed by atoms with Crippen LogP contribution in [0.4, 0.5) is 13.2 Å². The first-order valence-electron chi connectivity index (χ1n) is 11.7. The molecule has 0 radical (unpaired) electrons. The zero-order valence-corrected chi connectivity index (χ0v) is 19.4. The molecule has 0 bridgehead atoms. The minimum atomic E-state index is -4.49. The normalized spacial score (nSPS) is 17.4. The maximum atomic E-state index is 13.4. The molecule has 1 aliphatic rings. The maximum Gasteiger partial charge on any atom is 0.416 e. The Balaban J connectivity index is 1.68. The number of benzene rings is 3. The number of hydrogen-bond donors (Lipinski definition) is 1. The molecule has 35 heavy (non-hydrogen) atoms. The summed E-state index contributed by atoms with van der Waals surface area (Å²) in [6, 6.07) is 20.0. The highest BCUT2D eigenvalue weighted by Crippen LogP contribution is 2.37. The van der Waals surface area contributed by atoms with E-state index in [0.717, 1.165) is 23.3 Å². The first kappa shape index (κ1) is 25.1. The summed E-state index contributed by atoms with van der Waals surface area (Å²) >= 11 is 0. The minimum Gasteiger partial charge on any atom is -0.491 e. The SMILES string of the molecule is OC1(c2cccc(C(F)(F)F)c2)CCc2ccccc2OCCOCCOc2ccccc2CC1. The Hall–Kier alpha value is -3.03. The summed E-state index contributed by atoms with van der Waals surface area (Å²) in [6.07, 6.45) is -3.17. The summed E-state index contributed by atoms with van der Waals surface area (Å²) in [6.45, 7) is 1.50. The van der Waals surface area contributed by atoms with Crippen LogP contribution in [0, 0.1) is 0 Å². The summed E-state index contributed by atoms with van der Waals surface area (Å²) in [5, 5.41) is 11.8. The van der Waals surface area contributed by atoms with Crippen molar-refractivity contribution in [1.29, 1.82) is 0 Å². The topological polar surface area (TPSA) is 47.9 Å². The van der Waals surface area contributed by atoms with Gasteiger partial charge in [-0.15, -0.1) is 0 Å². The number of fused-ring (bicyclic) bond motifs is 2. The standard InChI is InChI=1S/C28H29F3O4/c29-28(30,31)24-9-5-8-23(20-24)27(32)14-12-21-6-1-3-10-25(21)34-18-16-33-17-19-35-26-11-4-2-7-22(26)13-15-27/h1-11,20,32H,12-19H2. The third-order valence-electron chi connectivity index (χ3n) is 6.26. The zero-order chi connectivity index (χ0) is 24.7. The molecule has 0 amide bonds. The van der Waals surface area contributed by atoms with Gasteiger partial charge in [0.2, 0.25) is 0 Å². The molecule has 1 heterocycles. The molecule has 3 aromatic carbocycles. The number of aryl methyl sites for hydroxylation is 2. The van der Waals surface area contributed by atoms with Crippen LogP contribution in [0.3, 0.4) is 0 Å². The van der Waals surface area contributed by atoms with Gasteiger partial charge in [-0.1, -0.05) is 48.5 Å². The fourth-order valence-corrected chi connectivity index (χ4v) is 4.31. The molecule has 0 aliphatic carbocycles. The van der Waals surface area contributed by atoms with Gasteiger partial charge in [-0.2, -0.15) is 13.2 Å². The largest absolute Gasteiger partial charge is 0.491 e. The van der Waals surface area contributed by atoms with Gasteiger partial charge < -0.3 is 19.3 Å². The van der Waals surface area contributed by atoms with Crippen molar-refractivity contribution >= 4 is 0 Å². The molecule has 0 spiro atoms. The van der Waals surface area contributed by atoms with Crippen LogP contribution in [-0.4, -0.2) is 31.5 Å². The smallest absolute Gasteiger partial charge is 0.416 e. The second-order valence-corrected chi connectivity index (χ2v) is 8.63. The molecule has 0 fully saturated rings. The van der Waals surface area contributed by atoms with Crippen LogP contribution in [-0.2, 0) is 29.4 Å². The average Bonchev–Trinajstić information content (AvgIpc) is 2.86. The van der Waals surface area contributed by atoms with E-state index in [1.54, 1.807) is 6.07 Å². The number of ether oxygens (including phenoxy) is 3. The highest BCUT2D eigenvalue weighted by Gasteiger charge is 2.35. The molecule has 0 saturated heterocycles. The van der Waals surface area contributed by atoms with E-state index >= 15 is 0 Å². The molecule has 4 nitrogen and oxygen atoms in total. The van der Waals surface area contributed by atoms with Crippen molar-refractivity contribution in [2.24, 2.45) is 0 Å². The van der Waals surface area contributed by atoms with Gasteiger partial charge in [0.25, 0.3) is 0 Å². The van der Waals surface area contributed by atoms with Crippen LogP contribution in [0.15, 0.2) is 72.8 Å². The molecular weight excluding hydrogens is 457 g/mol. The highest BCUT2D eigenvalue weighted by molar-refractivity contribution is 5.36. The Bertz CT molecular complexity index is 1060. The first-order chi connectivity index (χ1) is 16.9. The van der Waals surface area contributed by atoms with Crippen molar-refractivity contribution in [1.82, 2.24) is 0 Å². The lowest BCUT2D eigenvalue weighted by molar-refractivity contribution is -0.137. The maximum absolute atomic E-state index is 13.4. The summed E-state index contributed by atoms with van der Waals surface area (Å²) in [5.74, 6) is 1.35. The molecule has 1 N–H and O–H groups in total. The molecule has 0 unspecified atom stereocenters. The Morgan fingerprint density at radius 1 is 0.686 bits per heavy atom. The summed E-state index contributed by atoms with van der Waals surface area (Å²) in [7, 11) is 0. The third kappa shape index (κ3) is 6.55. The van der Waals surface area contributed by atoms with Crippen LogP contribution in [0.2, 0.25) is 0 Å². The van der Waals surface area contributed by atoms with Crippen molar-refractivity contribution in [2.45, 2.75) is 37.5 Å². The first-order valence-corrected chi connectivity index (χ1v) is 11.7. The van der Waals surface area contributed by atoms with Gasteiger partial charge in [-0.3, -0.25) is 0 Å². The number of para-hydroxylation sites is 2. The number of aliphatic hydroxyl groups is 1. The molecule has 7 heteroatoms. The average molecular weight is 487 g/mol. The van der Waals surface area contributed by atoms with E-state index < -0.39 is 17.3 Å². The van der Waals surface area contributed by atoms with Gasteiger partial charge in [0, 0.05) is 0 Å². The highest BCUT2D eigenvalue weighted by atomic mass is 19.4. The van der Waals surface area contributed by atoms with Gasteiger partial charge in [0.05, 0.1) is 24.4 Å². The van der Waals surface area contributed by atoms with E-state index in [1.807, 2.05) is 48.5 Å². The predicted octanol–water partition coefficient (Wildman–Crippen LogP) is 5.95. The van der Waals surface area contributed by atoms with Crippen LogP contribution < -0.4 is 9.47 Å². The lowest BCUT2D eigenvalue weighted by Crippen LogP contribution is -2.28. The molecule has 186 valence electrons. The van der Waals surface area contributed by atoms with Gasteiger partial charge >= 0.3 is 6.18 Å². The molecular formula is C28H29F3O4. The van der Waals surface area contributed by atoms with Crippen molar-refractivity contribution in [3.05, 3.63) is 95.1 Å². The number of hydrogen-bond acceptors (Lipinski definition) is 4. The van der Waals surface area contributed by atoms with Crippen molar-refractivity contribution < 1.29 is 32.5 Å². The summed E-state index contributed by atoms with van der Waals surface area (Å²) in [4.78, 5) is 0. The summed E-state index contributed by atoms with van der Waals surface area (Å²) < 4.78 is 57.7. The quantitative estimate of drug-likeness (QED) is 0.462. The summed E-state index contributed by atoms with van der Waals surface area (Å²) in [5.41, 5.74) is -0.245. The fraction of sp³-hybridized carbons (Fsp3) is 0.357. The molecule has 0 saturated carbocycles. The van der Waals surface area contributed by atoms with Crippen molar-refractivity contribution in [3.8, 4) is 11.5 Å². The third-order valence-corrected chi connectivity index (χ3v) is 6.26. The molecule has 0 atom stereocenters. The molecule has 3 aromatic rings. The number of halogens is 3. The monoisotopic (exact) mass is 486 g/mol. The Kier molecular flexibility index (Phi) is 7.98. The van der Waals surface area contributed by atoms with Crippen molar-refractivity contribution in [3.63, 3.8) is 0 Å². The fourth-order valence-electron chi connectivity index (χ4n) is 4.31. The molecule has 0 aromatic heterocycles. The van der Waals surface area contributed by atoms with E-state index in [4.69, 9.17) is 14.2 Å². The lowest BCUT2D eigenvalue weighted by atomic mass is 9.82. The van der Waals surface area contributed by atoms with Gasteiger partial charge in [-0.25, -0.2) is 0 Å². The molecule has 1 aliphatic heterocycles. The van der Waals surface area contributed by atoms with Gasteiger partial charge in [-0.05, 0) is 66.6 Å². The van der Waals surface area contributed by atoms with Crippen LogP contribution >= 0.6 is 0 Å². The number of alkyl halides is 3. The Morgan fingerprint density at radius 3 is 1.77 bits per heavy atom. The Morgan fingerprint density at radius 2 is 1.23 bits per heavy atom. The minimum absolute atomic E-state index is 0.230. The van der Waals surface area contributed by atoms with Crippen LogP contribution in [0.25, 0.3) is 0 Å². The van der Waals surface area contributed by atoms with Crippen LogP contribution in [0.1, 0.15) is 35.1 Å². The van der Waals surface area contributed by atoms with Crippen molar-refractivity contribution in [2.75, 3.05) is 26.4 Å². The van der Waals surface area contributed by atoms with Crippen LogP contribution in [0.5, 0.6) is 11.5 Å². The molecule has 4 rings (SSSR count). The Labute approximate surface area is 203 Å². The van der Waals surface area contributed by atoms with E-state index in [-0.39, 0.29) is 18.4 Å². The van der Waals surface area contributed by atoms with E-state index in [0.29, 0.717) is 50.8 Å². The van der Waals surface area contributed by atoms with E-state index in [2.05, 4.69) is 0 Å². The lowest BCUT2D eigenvalue weighted by Gasteiger charge is -2.30. The second-order valence-electron chi connectivity index (χ2n) is 8.63. The van der Waals surface area contributed by atoms with E-state index in [9.17, 15) is 18.3 Å². The second kappa shape index (κ2) is 11.1. The van der Waals surface area contributed by atoms with E-state index in [1.165, 1.54) is 6.07 Å². The zero-order valence-electron chi connectivity index (χ0n) is 19.4. The predicted molar refractivity (Wildman–Crippen MR) is 127 cm³/mol. The number of rotatable bonds is 1. The van der Waals surface area contributed by atoms with Gasteiger partial charge in [0.15, 0.2) is 0 Å².